The normalized spacial score (nSPS) is 24.1. The highest BCUT2D eigenvalue weighted by Gasteiger charge is 2.30. The summed E-state index contributed by atoms with van der Waals surface area (Å²) >= 11 is 1.59. The van der Waals surface area contributed by atoms with Crippen molar-refractivity contribution in [2.75, 3.05) is 18.8 Å². The van der Waals surface area contributed by atoms with E-state index in [2.05, 4.69) is 11.9 Å². The molecule has 5 nitrogen and oxygen atoms in total. The number of rotatable bonds is 3. The minimum atomic E-state index is -0.0547. The fourth-order valence-corrected chi connectivity index (χ4v) is 4.52. The zero-order valence-corrected chi connectivity index (χ0v) is 14.9. The molecule has 0 bridgehead atoms. The first kappa shape index (κ1) is 16.6. The van der Waals surface area contributed by atoms with Crippen LogP contribution >= 0.6 is 11.8 Å². The lowest BCUT2D eigenvalue weighted by Crippen LogP contribution is -2.40. The highest BCUT2D eigenvalue weighted by Crippen LogP contribution is 2.33. The van der Waals surface area contributed by atoms with E-state index in [-0.39, 0.29) is 23.4 Å². The van der Waals surface area contributed by atoms with Gasteiger partial charge in [-0.15, -0.1) is 0 Å². The number of fused-ring (bicyclic) bond motifs is 1. The average molecular weight is 335 g/mol. The summed E-state index contributed by atoms with van der Waals surface area (Å²) in [6, 6.07) is 1.57. The molecule has 0 spiro atoms. The van der Waals surface area contributed by atoms with E-state index in [0.29, 0.717) is 12.3 Å². The van der Waals surface area contributed by atoms with Gasteiger partial charge in [0.1, 0.15) is 0 Å². The third-order valence-corrected chi connectivity index (χ3v) is 5.82. The number of carbonyl (C=O) groups excluding carboxylic acids is 1. The Morgan fingerprint density at radius 1 is 1.48 bits per heavy atom. The van der Waals surface area contributed by atoms with Crippen LogP contribution in [0.25, 0.3) is 0 Å². The summed E-state index contributed by atoms with van der Waals surface area (Å²) in [5, 5.41) is 0.769. The molecule has 0 N–H and O–H groups in total. The van der Waals surface area contributed by atoms with Gasteiger partial charge in [-0.1, -0.05) is 32.5 Å². The summed E-state index contributed by atoms with van der Waals surface area (Å²) < 4.78 is 1.72. The van der Waals surface area contributed by atoms with E-state index in [1.165, 1.54) is 6.42 Å². The molecule has 2 atom stereocenters. The Morgan fingerprint density at radius 3 is 2.96 bits per heavy atom. The summed E-state index contributed by atoms with van der Waals surface area (Å²) in [6.45, 7) is 7.98. The highest BCUT2D eigenvalue weighted by molar-refractivity contribution is 7.99. The van der Waals surface area contributed by atoms with Crippen molar-refractivity contribution in [3.05, 3.63) is 22.1 Å². The lowest BCUT2D eigenvalue weighted by atomic mass is 10.00. The van der Waals surface area contributed by atoms with Gasteiger partial charge >= 0.3 is 0 Å². The summed E-state index contributed by atoms with van der Waals surface area (Å²) in [4.78, 5) is 31.6. The van der Waals surface area contributed by atoms with Gasteiger partial charge in [0.15, 0.2) is 5.16 Å². The molecule has 1 aromatic rings. The predicted molar refractivity (Wildman–Crippen MR) is 91.9 cm³/mol. The summed E-state index contributed by atoms with van der Waals surface area (Å²) in [5.74, 6) is 1.76. The van der Waals surface area contributed by atoms with E-state index in [4.69, 9.17) is 0 Å². The molecule has 3 rings (SSSR count). The minimum Gasteiger partial charge on any atom is -0.342 e. The van der Waals surface area contributed by atoms with Crippen molar-refractivity contribution in [1.82, 2.24) is 14.5 Å². The first-order valence-corrected chi connectivity index (χ1v) is 9.48. The maximum absolute atomic E-state index is 12.6. The maximum Gasteiger partial charge on any atom is 0.254 e. The number of hydrogen-bond acceptors (Lipinski definition) is 4. The molecular formula is C17H25N3O2S. The standard InChI is InChI=1S/C17H25N3O2S/c1-11(2)14-8-16(22)20-13(10-23-17(20)18-14)7-15(21)19-6-4-5-12(3)9-19/h8,11-13H,4-7,9-10H2,1-3H3. The monoisotopic (exact) mass is 335 g/mol. The van der Waals surface area contributed by atoms with Crippen molar-refractivity contribution in [3.63, 3.8) is 0 Å². The van der Waals surface area contributed by atoms with Crippen LogP contribution in [0, 0.1) is 5.92 Å². The van der Waals surface area contributed by atoms with Crippen LogP contribution in [-0.4, -0.2) is 39.2 Å². The number of carbonyl (C=O) groups is 1. The Bertz CT molecular complexity index is 656. The highest BCUT2D eigenvalue weighted by atomic mass is 32.2. The van der Waals surface area contributed by atoms with Gasteiger partial charge in [-0.25, -0.2) is 4.98 Å². The third-order valence-electron chi connectivity index (χ3n) is 4.72. The van der Waals surface area contributed by atoms with Crippen molar-refractivity contribution >= 4 is 17.7 Å². The predicted octanol–water partition coefficient (Wildman–Crippen LogP) is 2.66. The Balaban J connectivity index is 1.75. The van der Waals surface area contributed by atoms with Gasteiger partial charge in [0.05, 0.1) is 11.7 Å². The molecule has 6 heteroatoms. The van der Waals surface area contributed by atoms with Crippen LogP contribution in [0.4, 0.5) is 0 Å². The number of hydrogen-bond donors (Lipinski definition) is 0. The second-order valence-corrected chi connectivity index (χ2v) is 8.07. The molecule has 1 amide bonds. The lowest BCUT2D eigenvalue weighted by Gasteiger charge is -2.31. The Labute approximate surface area is 141 Å². The van der Waals surface area contributed by atoms with Gasteiger partial charge in [-0.3, -0.25) is 14.2 Å². The van der Waals surface area contributed by atoms with Crippen LogP contribution in [0.1, 0.15) is 57.7 Å². The van der Waals surface area contributed by atoms with Gasteiger partial charge in [0.2, 0.25) is 5.91 Å². The van der Waals surface area contributed by atoms with Gasteiger partial charge in [-0.05, 0) is 24.7 Å². The van der Waals surface area contributed by atoms with Crippen molar-refractivity contribution in [1.29, 1.82) is 0 Å². The first-order chi connectivity index (χ1) is 11.0. The van der Waals surface area contributed by atoms with Crippen LogP contribution < -0.4 is 5.56 Å². The number of thioether (sulfide) groups is 1. The molecule has 3 heterocycles. The molecule has 2 unspecified atom stereocenters. The smallest absolute Gasteiger partial charge is 0.254 e. The molecule has 0 radical (unpaired) electrons. The second-order valence-electron chi connectivity index (χ2n) is 7.08. The van der Waals surface area contributed by atoms with Crippen LogP contribution in [0.2, 0.25) is 0 Å². The minimum absolute atomic E-state index is 0.0199. The Hall–Kier alpha value is -1.30. The molecule has 126 valence electrons. The largest absolute Gasteiger partial charge is 0.342 e. The third kappa shape index (κ3) is 3.47. The second kappa shape index (κ2) is 6.67. The number of piperidine rings is 1. The zero-order chi connectivity index (χ0) is 16.6. The van der Waals surface area contributed by atoms with Gasteiger partial charge in [0, 0.05) is 31.3 Å². The summed E-state index contributed by atoms with van der Waals surface area (Å²) in [7, 11) is 0. The maximum atomic E-state index is 12.6. The number of amides is 1. The van der Waals surface area contributed by atoms with Crippen LogP contribution in [-0.2, 0) is 4.79 Å². The molecule has 1 fully saturated rings. The summed E-state index contributed by atoms with van der Waals surface area (Å²) in [6.07, 6.45) is 2.70. The molecule has 2 aliphatic heterocycles. The number of likely N-dealkylation sites (tertiary alicyclic amines) is 1. The molecule has 1 saturated heterocycles. The molecule has 2 aliphatic rings. The van der Waals surface area contributed by atoms with Gasteiger partial charge < -0.3 is 4.90 Å². The molecule has 1 aromatic heterocycles. The van der Waals surface area contributed by atoms with Gasteiger partial charge in [-0.2, -0.15) is 0 Å². The molecule has 0 aromatic carbocycles. The van der Waals surface area contributed by atoms with Crippen molar-refractivity contribution in [2.24, 2.45) is 5.92 Å². The van der Waals surface area contributed by atoms with Crippen molar-refractivity contribution < 1.29 is 4.79 Å². The van der Waals surface area contributed by atoms with E-state index in [1.54, 1.807) is 22.4 Å². The average Bonchev–Trinajstić information content (AvgIpc) is 2.90. The summed E-state index contributed by atoms with van der Waals surface area (Å²) in [5.41, 5.74) is 0.819. The molecule has 23 heavy (non-hydrogen) atoms. The van der Waals surface area contributed by atoms with Crippen molar-refractivity contribution in [2.45, 2.75) is 57.1 Å². The molecule has 0 saturated carbocycles. The number of aromatic nitrogens is 2. The number of nitrogens with zero attached hydrogens (tertiary/aromatic N) is 3. The zero-order valence-electron chi connectivity index (χ0n) is 14.1. The molecular weight excluding hydrogens is 310 g/mol. The van der Waals surface area contributed by atoms with E-state index in [9.17, 15) is 9.59 Å². The van der Waals surface area contributed by atoms with E-state index in [1.807, 2.05) is 18.7 Å². The van der Waals surface area contributed by atoms with Crippen LogP contribution in [0.3, 0.4) is 0 Å². The Morgan fingerprint density at radius 2 is 2.26 bits per heavy atom. The van der Waals surface area contributed by atoms with E-state index >= 15 is 0 Å². The molecule has 0 aliphatic carbocycles. The quantitative estimate of drug-likeness (QED) is 0.797. The van der Waals surface area contributed by atoms with E-state index < -0.39 is 0 Å². The van der Waals surface area contributed by atoms with Crippen molar-refractivity contribution in [3.8, 4) is 0 Å². The first-order valence-electron chi connectivity index (χ1n) is 8.49. The topological polar surface area (TPSA) is 55.2 Å². The fourth-order valence-electron chi connectivity index (χ4n) is 3.36. The van der Waals surface area contributed by atoms with Crippen LogP contribution in [0.5, 0.6) is 0 Å². The SMILES string of the molecule is CC1CCCN(C(=O)CC2CSc3nc(C(C)C)cc(=O)n32)C1. The van der Waals surface area contributed by atoms with E-state index in [0.717, 1.165) is 36.1 Å². The van der Waals surface area contributed by atoms with Gasteiger partial charge in [0.25, 0.3) is 5.56 Å². The Kier molecular flexibility index (Phi) is 4.80. The lowest BCUT2D eigenvalue weighted by molar-refractivity contribution is -0.133. The fraction of sp³-hybridized carbons (Fsp3) is 0.706. The van der Waals surface area contributed by atoms with Crippen LogP contribution in [0.15, 0.2) is 16.0 Å².